The molecule has 0 aliphatic rings. The summed E-state index contributed by atoms with van der Waals surface area (Å²) >= 11 is 3.18. The van der Waals surface area contributed by atoms with E-state index in [0.29, 0.717) is 10.5 Å². The molecule has 0 radical (unpaired) electrons. The summed E-state index contributed by atoms with van der Waals surface area (Å²) < 4.78 is 44.2. The minimum atomic E-state index is -3.97. The van der Waals surface area contributed by atoms with Gasteiger partial charge in [-0.2, -0.15) is 4.31 Å². The van der Waals surface area contributed by atoms with E-state index in [4.69, 9.17) is 4.74 Å². The summed E-state index contributed by atoms with van der Waals surface area (Å²) in [6.45, 7) is -0.716. The van der Waals surface area contributed by atoms with Crippen LogP contribution < -0.4 is 4.74 Å². The van der Waals surface area contributed by atoms with Crippen molar-refractivity contribution < 1.29 is 27.3 Å². The first-order valence-electron chi connectivity index (χ1n) is 6.98. The van der Waals surface area contributed by atoms with E-state index in [0.717, 1.165) is 23.5 Å². The Labute approximate surface area is 156 Å². The maximum Gasteiger partial charge on any atom is 0.326 e. The maximum absolute atomic E-state index is 13.2. The van der Waals surface area contributed by atoms with Crippen LogP contribution in [-0.4, -0.2) is 37.2 Å². The number of hydrogen-bond donors (Lipinski definition) is 0. The van der Waals surface area contributed by atoms with Gasteiger partial charge in [0.1, 0.15) is 12.4 Å². The highest BCUT2D eigenvalue weighted by Crippen LogP contribution is 2.27. The quantitative estimate of drug-likeness (QED) is 0.292. The molecule has 0 spiro atoms. The smallest absolute Gasteiger partial charge is 0.326 e. The van der Waals surface area contributed by atoms with Gasteiger partial charge in [-0.25, -0.2) is 12.8 Å². The zero-order chi connectivity index (χ0) is 19.5. The molecule has 0 aliphatic heterocycles. The topological polar surface area (TPSA) is 107 Å². The molecule has 26 heavy (non-hydrogen) atoms. The van der Waals surface area contributed by atoms with Gasteiger partial charge in [0.05, 0.1) is 9.82 Å². The third kappa shape index (κ3) is 4.62. The van der Waals surface area contributed by atoms with Crippen LogP contribution in [0, 0.1) is 15.9 Å². The van der Waals surface area contributed by atoms with E-state index < -0.39 is 44.7 Å². The molecule has 2 aromatic rings. The van der Waals surface area contributed by atoms with Crippen molar-refractivity contribution in [3.05, 3.63) is 62.9 Å². The van der Waals surface area contributed by atoms with Crippen molar-refractivity contribution in [3.63, 3.8) is 0 Å². The lowest BCUT2D eigenvalue weighted by molar-refractivity contribution is -0.385. The van der Waals surface area contributed by atoms with E-state index in [1.54, 1.807) is 0 Å². The van der Waals surface area contributed by atoms with Crippen LogP contribution in [0.15, 0.2) is 51.8 Å². The fourth-order valence-electron chi connectivity index (χ4n) is 1.93. The lowest BCUT2D eigenvalue weighted by atomic mass is 10.3. The molecule has 11 heteroatoms. The Morgan fingerprint density at radius 2 is 1.88 bits per heavy atom. The lowest BCUT2D eigenvalue weighted by Gasteiger charge is -2.16. The molecule has 0 saturated carbocycles. The molecular weight excluding hydrogens is 435 g/mol. The van der Waals surface area contributed by atoms with Gasteiger partial charge in [0, 0.05) is 23.7 Å². The fourth-order valence-corrected chi connectivity index (χ4v) is 3.31. The molecule has 0 aliphatic carbocycles. The van der Waals surface area contributed by atoms with Crippen molar-refractivity contribution in [2.24, 2.45) is 0 Å². The molecule has 8 nitrogen and oxygen atoms in total. The zero-order valence-corrected chi connectivity index (χ0v) is 15.7. The second kappa shape index (κ2) is 7.89. The highest BCUT2D eigenvalue weighted by molar-refractivity contribution is 9.10. The average Bonchev–Trinajstić information content (AvgIpc) is 2.54. The van der Waals surface area contributed by atoms with Crippen molar-refractivity contribution in [3.8, 4) is 5.75 Å². The Morgan fingerprint density at radius 3 is 2.46 bits per heavy atom. The minimum absolute atomic E-state index is 0.0484. The van der Waals surface area contributed by atoms with Gasteiger partial charge in [-0.15, -0.1) is 0 Å². The third-order valence-corrected chi connectivity index (χ3v) is 5.56. The van der Waals surface area contributed by atoms with E-state index in [1.165, 1.54) is 24.3 Å². The number of sulfonamides is 1. The normalized spacial score (nSPS) is 11.4. The highest BCUT2D eigenvalue weighted by atomic mass is 79.9. The lowest BCUT2D eigenvalue weighted by Crippen LogP contribution is -2.34. The predicted octanol–water partition coefficient (Wildman–Crippen LogP) is 2.72. The van der Waals surface area contributed by atoms with Gasteiger partial charge in [0.25, 0.3) is 0 Å². The zero-order valence-electron chi connectivity index (χ0n) is 13.3. The van der Waals surface area contributed by atoms with Gasteiger partial charge in [-0.1, -0.05) is 15.9 Å². The van der Waals surface area contributed by atoms with Gasteiger partial charge in [-0.3, -0.25) is 14.9 Å². The summed E-state index contributed by atoms with van der Waals surface area (Å²) in [5.41, 5.74) is -0.613. The molecule has 2 rings (SSSR count). The van der Waals surface area contributed by atoms with Gasteiger partial charge < -0.3 is 4.74 Å². The van der Waals surface area contributed by atoms with Crippen LogP contribution in [0.25, 0.3) is 0 Å². The Bertz CT molecular complexity index is 949. The molecule has 0 N–H and O–H groups in total. The van der Waals surface area contributed by atoms with Gasteiger partial charge in [-0.05, 0) is 30.3 Å². The average molecular weight is 447 g/mol. The SMILES string of the molecule is CN(CC(=O)Oc1cc(F)ccc1[N+](=O)[O-])S(=O)(=O)c1ccc(Br)cc1. The molecule has 0 amide bonds. The van der Waals surface area contributed by atoms with Gasteiger partial charge in [0.15, 0.2) is 0 Å². The number of likely N-dealkylation sites (N-methyl/N-ethyl adjacent to an activating group) is 1. The van der Waals surface area contributed by atoms with Crippen LogP contribution in [0.5, 0.6) is 5.75 Å². The Morgan fingerprint density at radius 1 is 1.27 bits per heavy atom. The minimum Gasteiger partial charge on any atom is -0.418 e. The molecule has 0 atom stereocenters. The predicted molar refractivity (Wildman–Crippen MR) is 92.6 cm³/mol. The molecule has 0 unspecified atom stereocenters. The van der Waals surface area contributed by atoms with Crippen LogP contribution >= 0.6 is 15.9 Å². The number of carbonyl (C=O) groups is 1. The molecule has 138 valence electrons. The number of benzene rings is 2. The Hall–Kier alpha value is -2.37. The summed E-state index contributed by atoms with van der Waals surface area (Å²) in [5.74, 6) is -2.54. The highest BCUT2D eigenvalue weighted by Gasteiger charge is 2.25. The summed E-state index contributed by atoms with van der Waals surface area (Å²) in [7, 11) is -2.82. The van der Waals surface area contributed by atoms with Crippen LogP contribution in [-0.2, 0) is 14.8 Å². The molecule has 2 aromatic carbocycles. The van der Waals surface area contributed by atoms with Crippen molar-refractivity contribution in [2.75, 3.05) is 13.6 Å². The van der Waals surface area contributed by atoms with Crippen LogP contribution in [0.1, 0.15) is 0 Å². The van der Waals surface area contributed by atoms with E-state index >= 15 is 0 Å². The molecule has 0 heterocycles. The van der Waals surface area contributed by atoms with Crippen LogP contribution in [0.4, 0.5) is 10.1 Å². The van der Waals surface area contributed by atoms with Crippen LogP contribution in [0.3, 0.4) is 0 Å². The van der Waals surface area contributed by atoms with Crippen molar-refractivity contribution in [2.45, 2.75) is 4.90 Å². The fraction of sp³-hybridized carbons (Fsp3) is 0.133. The standard InChI is InChI=1S/C15H12BrFN2O6S/c1-18(26(23,24)12-5-2-10(16)3-6-12)9-15(20)25-14-8-11(17)4-7-13(14)19(21)22/h2-8H,9H2,1H3. The maximum atomic E-state index is 13.2. The van der Waals surface area contributed by atoms with Crippen molar-refractivity contribution in [1.29, 1.82) is 0 Å². The summed E-state index contributed by atoms with van der Waals surface area (Å²) in [5, 5.41) is 10.9. The number of nitro groups is 1. The number of carbonyl (C=O) groups excluding carboxylic acids is 1. The monoisotopic (exact) mass is 446 g/mol. The largest absolute Gasteiger partial charge is 0.418 e. The first kappa shape index (κ1) is 19.9. The van der Waals surface area contributed by atoms with E-state index in [9.17, 15) is 27.7 Å². The Balaban J connectivity index is 2.16. The summed E-state index contributed by atoms with van der Waals surface area (Å²) in [6.07, 6.45) is 0. The van der Waals surface area contributed by atoms with E-state index in [1.807, 2.05) is 0 Å². The van der Waals surface area contributed by atoms with Crippen molar-refractivity contribution >= 4 is 37.6 Å². The van der Waals surface area contributed by atoms with E-state index in [2.05, 4.69) is 15.9 Å². The molecule has 0 saturated heterocycles. The number of nitrogens with zero attached hydrogens (tertiary/aromatic N) is 2. The third-order valence-electron chi connectivity index (χ3n) is 3.22. The van der Waals surface area contributed by atoms with E-state index in [-0.39, 0.29) is 4.90 Å². The van der Waals surface area contributed by atoms with Crippen LogP contribution in [0.2, 0.25) is 0 Å². The number of nitro benzene ring substituents is 1. The number of rotatable bonds is 6. The number of halogens is 2. The second-order valence-electron chi connectivity index (χ2n) is 5.06. The van der Waals surface area contributed by atoms with Crippen molar-refractivity contribution in [1.82, 2.24) is 4.31 Å². The molecule has 0 aromatic heterocycles. The summed E-state index contributed by atoms with van der Waals surface area (Å²) in [6, 6.07) is 8.11. The van der Waals surface area contributed by atoms with Gasteiger partial charge >= 0.3 is 11.7 Å². The summed E-state index contributed by atoms with van der Waals surface area (Å²) in [4.78, 5) is 22.0. The first-order chi connectivity index (χ1) is 12.1. The first-order valence-corrected chi connectivity index (χ1v) is 9.21. The molecule has 0 fully saturated rings. The number of esters is 1. The number of hydrogen-bond acceptors (Lipinski definition) is 6. The second-order valence-corrected chi connectivity index (χ2v) is 8.02. The Kier molecular flexibility index (Phi) is 6.05. The molecule has 0 bridgehead atoms. The van der Waals surface area contributed by atoms with Gasteiger partial charge in [0.2, 0.25) is 15.8 Å². The number of ether oxygens (including phenoxy) is 1. The molecular formula is C15H12BrFN2O6S.